The Morgan fingerprint density at radius 2 is 2.00 bits per heavy atom. The fraction of sp³-hybridized carbons (Fsp3) is 0.143. The lowest BCUT2D eigenvalue weighted by atomic mass is 10.3. The van der Waals surface area contributed by atoms with Crippen LogP contribution in [0.25, 0.3) is 0 Å². The zero-order valence-corrected chi connectivity index (χ0v) is 7.90. The van der Waals surface area contributed by atoms with Gasteiger partial charge in [-0.3, -0.25) is 4.52 Å². The molecule has 0 spiro atoms. The van der Waals surface area contributed by atoms with Crippen LogP contribution in [0.4, 0.5) is 5.69 Å². The Hall–Kier alpha value is -1.03. The summed E-state index contributed by atoms with van der Waals surface area (Å²) in [6, 6.07) is 4.13. The van der Waals surface area contributed by atoms with Crippen LogP contribution in [0.3, 0.4) is 0 Å². The predicted octanol–water partition coefficient (Wildman–Crippen LogP) is 0.730. The van der Waals surface area contributed by atoms with Gasteiger partial charge in [-0.2, -0.15) is 9.79 Å². The standard InChI is InChI=1S/C7H10NO4P/c1-13(10,11)12-7-3-2-5(8)4-6(7)9/h2-4,10-11H,8H2,1H3/p+1. The highest BCUT2D eigenvalue weighted by atomic mass is 31.2. The molecule has 0 atom stereocenters. The first-order valence-electron chi connectivity index (χ1n) is 3.48. The first-order chi connectivity index (χ1) is 5.88. The summed E-state index contributed by atoms with van der Waals surface area (Å²) < 4.78 is 4.70. The van der Waals surface area contributed by atoms with E-state index < -0.39 is 7.94 Å². The molecule has 5 N–H and O–H groups in total. The number of hydrogen-bond acceptors (Lipinski definition) is 5. The highest BCUT2D eigenvalue weighted by Gasteiger charge is 2.30. The van der Waals surface area contributed by atoms with Crippen LogP contribution in [0.5, 0.6) is 11.5 Å². The van der Waals surface area contributed by atoms with Gasteiger partial charge >= 0.3 is 7.94 Å². The highest BCUT2D eigenvalue weighted by Crippen LogP contribution is 2.49. The number of aromatic hydroxyl groups is 1. The van der Waals surface area contributed by atoms with Gasteiger partial charge in [0.25, 0.3) is 0 Å². The van der Waals surface area contributed by atoms with Gasteiger partial charge in [0.2, 0.25) is 5.75 Å². The lowest BCUT2D eigenvalue weighted by molar-refractivity contribution is 0.336. The molecule has 1 aromatic carbocycles. The first kappa shape index (κ1) is 10.1. The lowest BCUT2D eigenvalue weighted by Crippen LogP contribution is -1.97. The van der Waals surface area contributed by atoms with Gasteiger partial charge in [-0.15, -0.1) is 0 Å². The molecule has 72 valence electrons. The van der Waals surface area contributed by atoms with Crippen molar-refractivity contribution >= 4 is 13.6 Å². The molecule has 5 nitrogen and oxygen atoms in total. The molecule has 0 aromatic heterocycles. The van der Waals surface area contributed by atoms with Crippen LogP contribution in [0.2, 0.25) is 0 Å². The molecule has 0 bridgehead atoms. The molecule has 0 aliphatic carbocycles. The molecule has 1 aromatic rings. The Balaban J connectivity index is 2.90. The molecule has 0 unspecified atom stereocenters. The summed E-state index contributed by atoms with van der Waals surface area (Å²) in [5, 5.41) is 9.25. The summed E-state index contributed by atoms with van der Waals surface area (Å²) in [6.45, 7) is 1.14. The summed E-state index contributed by atoms with van der Waals surface area (Å²) in [6.07, 6.45) is 0. The molecule has 0 saturated carbocycles. The summed E-state index contributed by atoms with van der Waals surface area (Å²) in [7, 11) is -3.38. The fourth-order valence-electron chi connectivity index (χ4n) is 0.798. The maximum Gasteiger partial charge on any atom is 0.449 e. The highest BCUT2D eigenvalue weighted by molar-refractivity contribution is 7.59. The number of nitrogens with two attached hydrogens (primary N) is 1. The molecule has 13 heavy (non-hydrogen) atoms. The summed E-state index contributed by atoms with van der Waals surface area (Å²) in [4.78, 5) is 17.9. The molecule has 6 heteroatoms. The van der Waals surface area contributed by atoms with Crippen molar-refractivity contribution in [2.45, 2.75) is 0 Å². The van der Waals surface area contributed by atoms with Crippen LogP contribution in [-0.4, -0.2) is 21.6 Å². The second kappa shape index (κ2) is 3.38. The van der Waals surface area contributed by atoms with Crippen LogP contribution >= 0.6 is 7.94 Å². The largest absolute Gasteiger partial charge is 0.504 e. The van der Waals surface area contributed by atoms with E-state index in [4.69, 9.17) is 20.0 Å². The van der Waals surface area contributed by atoms with E-state index >= 15 is 0 Å². The third kappa shape index (κ3) is 3.06. The Bertz CT molecular complexity index is 310. The fourth-order valence-corrected chi connectivity index (χ4v) is 1.32. The van der Waals surface area contributed by atoms with Gasteiger partial charge in [-0.25, -0.2) is 0 Å². The summed E-state index contributed by atoms with van der Waals surface area (Å²) in [5.74, 6) is -0.204. The molecule has 0 aliphatic heterocycles. The van der Waals surface area contributed by atoms with Gasteiger partial charge in [-0.05, 0) is 12.1 Å². The van der Waals surface area contributed by atoms with E-state index in [1.54, 1.807) is 0 Å². The quantitative estimate of drug-likeness (QED) is 0.420. The third-order valence-electron chi connectivity index (χ3n) is 1.25. The number of nitrogen functional groups attached to an aromatic ring is 1. The minimum atomic E-state index is -3.38. The van der Waals surface area contributed by atoms with Gasteiger partial charge in [0, 0.05) is 11.8 Å². The van der Waals surface area contributed by atoms with Gasteiger partial charge < -0.3 is 10.8 Å². The lowest BCUT2D eigenvalue weighted by Gasteiger charge is -2.08. The van der Waals surface area contributed by atoms with Crippen molar-refractivity contribution in [3.8, 4) is 11.5 Å². The van der Waals surface area contributed by atoms with E-state index in [1.807, 2.05) is 0 Å². The smallest absolute Gasteiger partial charge is 0.449 e. The van der Waals surface area contributed by atoms with Crippen molar-refractivity contribution in [3.63, 3.8) is 0 Å². The molecular formula is C7H11NO4P+. The molecule has 0 radical (unpaired) electrons. The normalized spacial score (nSPS) is 11.3. The van der Waals surface area contributed by atoms with Crippen LogP contribution in [0.1, 0.15) is 0 Å². The third-order valence-corrected chi connectivity index (χ3v) is 1.80. The predicted molar refractivity (Wildman–Crippen MR) is 50.4 cm³/mol. The minimum Gasteiger partial charge on any atom is -0.504 e. The molecule has 0 aliphatic rings. The van der Waals surface area contributed by atoms with Gasteiger partial charge in [0.05, 0.1) is 0 Å². The number of anilines is 1. The van der Waals surface area contributed by atoms with Crippen LogP contribution < -0.4 is 10.3 Å². The zero-order chi connectivity index (χ0) is 10.1. The Kier molecular flexibility index (Phi) is 2.61. The Morgan fingerprint density at radius 1 is 1.38 bits per heavy atom. The Morgan fingerprint density at radius 3 is 2.46 bits per heavy atom. The zero-order valence-electron chi connectivity index (χ0n) is 7.01. The van der Waals surface area contributed by atoms with Crippen molar-refractivity contribution in [1.29, 1.82) is 0 Å². The maximum absolute atomic E-state index is 9.25. The molecule has 0 amide bonds. The van der Waals surface area contributed by atoms with Crippen molar-refractivity contribution in [2.75, 3.05) is 12.4 Å². The van der Waals surface area contributed by atoms with E-state index in [0.29, 0.717) is 5.69 Å². The maximum atomic E-state index is 9.25. The van der Waals surface area contributed by atoms with Crippen molar-refractivity contribution in [2.24, 2.45) is 0 Å². The average molecular weight is 204 g/mol. The van der Waals surface area contributed by atoms with E-state index in [-0.39, 0.29) is 11.5 Å². The first-order valence-corrected chi connectivity index (χ1v) is 5.54. The summed E-state index contributed by atoms with van der Waals surface area (Å²) in [5.41, 5.74) is 5.74. The number of rotatable bonds is 2. The average Bonchev–Trinajstić information content (AvgIpc) is 1.93. The molecular weight excluding hydrogens is 193 g/mol. The van der Waals surface area contributed by atoms with Crippen molar-refractivity contribution in [1.82, 2.24) is 0 Å². The second-order valence-corrected chi connectivity index (χ2v) is 4.51. The number of phenolic OH excluding ortho intramolecular Hbond substituents is 1. The van der Waals surface area contributed by atoms with E-state index in [9.17, 15) is 5.11 Å². The topological polar surface area (TPSA) is 95.9 Å². The second-order valence-electron chi connectivity index (χ2n) is 2.65. The number of phenols is 1. The van der Waals surface area contributed by atoms with Crippen molar-refractivity contribution in [3.05, 3.63) is 18.2 Å². The van der Waals surface area contributed by atoms with E-state index in [1.165, 1.54) is 18.2 Å². The van der Waals surface area contributed by atoms with Gasteiger partial charge in [0.1, 0.15) is 6.66 Å². The number of benzene rings is 1. The minimum absolute atomic E-state index is 0.00929. The van der Waals surface area contributed by atoms with E-state index in [2.05, 4.69) is 0 Å². The van der Waals surface area contributed by atoms with Crippen molar-refractivity contribution < 1.29 is 19.4 Å². The molecule has 0 fully saturated rings. The molecule has 0 heterocycles. The van der Waals surface area contributed by atoms with Crippen LogP contribution in [0, 0.1) is 0 Å². The molecule has 1 rings (SSSR count). The van der Waals surface area contributed by atoms with Gasteiger partial charge in [-0.1, -0.05) is 0 Å². The van der Waals surface area contributed by atoms with Crippen LogP contribution in [0.15, 0.2) is 18.2 Å². The molecule has 0 saturated heterocycles. The number of hydrogen-bond donors (Lipinski definition) is 4. The van der Waals surface area contributed by atoms with Crippen LogP contribution in [-0.2, 0) is 0 Å². The van der Waals surface area contributed by atoms with E-state index in [0.717, 1.165) is 6.66 Å². The monoisotopic (exact) mass is 204 g/mol. The summed E-state index contributed by atoms with van der Waals surface area (Å²) >= 11 is 0. The SMILES string of the molecule is C[P+](O)(O)Oc1ccc(N)cc1O. The Labute approximate surface area is 76.0 Å². The van der Waals surface area contributed by atoms with Gasteiger partial charge in [0.15, 0.2) is 5.75 Å².